The van der Waals surface area contributed by atoms with Gasteiger partial charge in [-0.05, 0) is 26.0 Å². The van der Waals surface area contributed by atoms with E-state index in [9.17, 15) is 5.11 Å². The molecule has 1 N–H and O–H groups in total. The van der Waals surface area contributed by atoms with Gasteiger partial charge in [-0.3, -0.25) is 0 Å². The molecule has 0 aromatic heterocycles. The molecule has 1 aromatic carbocycles. The Bertz CT molecular complexity index is 383. The highest BCUT2D eigenvalue weighted by Gasteiger charge is 2.30. The molecule has 0 spiro atoms. The number of methoxy groups -OCH3 is 3. The average Bonchev–Trinajstić information content (AvgIpc) is 2.36. The van der Waals surface area contributed by atoms with Crippen LogP contribution in [0.1, 0.15) is 24.5 Å². The van der Waals surface area contributed by atoms with Crippen LogP contribution in [-0.2, 0) is 15.1 Å². The SMILES string of the molecule is COc1ccc(C)cc1C(C)(O)CC(OC)OC. The van der Waals surface area contributed by atoms with E-state index in [2.05, 4.69) is 0 Å². The summed E-state index contributed by atoms with van der Waals surface area (Å²) in [6.45, 7) is 3.71. The second-order valence-corrected chi connectivity index (χ2v) is 4.58. The van der Waals surface area contributed by atoms with Gasteiger partial charge in [0.15, 0.2) is 6.29 Å². The molecular formula is C14H22O4. The maximum Gasteiger partial charge on any atom is 0.159 e. The Balaban J connectivity index is 3.06. The second-order valence-electron chi connectivity index (χ2n) is 4.58. The van der Waals surface area contributed by atoms with Gasteiger partial charge in [0.05, 0.1) is 12.7 Å². The van der Waals surface area contributed by atoms with Gasteiger partial charge < -0.3 is 19.3 Å². The van der Waals surface area contributed by atoms with Crippen molar-refractivity contribution in [1.29, 1.82) is 0 Å². The maximum absolute atomic E-state index is 10.6. The van der Waals surface area contributed by atoms with Crippen molar-refractivity contribution in [3.63, 3.8) is 0 Å². The van der Waals surface area contributed by atoms with E-state index in [1.807, 2.05) is 25.1 Å². The minimum Gasteiger partial charge on any atom is -0.496 e. The normalized spacial score (nSPS) is 14.6. The lowest BCUT2D eigenvalue weighted by Gasteiger charge is -2.29. The third kappa shape index (κ3) is 3.45. The lowest BCUT2D eigenvalue weighted by molar-refractivity contribution is -0.142. The number of benzene rings is 1. The van der Waals surface area contributed by atoms with Crippen LogP contribution in [0, 0.1) is 6.92 Å². The molecule has 18 heavy (non-hydrogen) atoms. The predicted molar refractivity (Wildman–Crippen MR) is 69.7 cm³/mol. The number of ether oxygens (including phenoxy) is 3. The summed E-state index contributed by atoms with van der Waals surface area (Å²) in [5.74, 6) is 0.663. The van der Waals surface area contributed by atoms with Gasteiger partial charge in [-0.1, -0.05) is 11.6 Å². The monoisotopic (exact) mass is 254 g/mol. The second kappa shape index (κ2) is 6.18. The molecule has 0 amide bonds. The van der Waals surface area contributed by atoms with Gasteiger partial charge in [0.1, 0.15) is 5.75 Å². The summed E-state index contributed by atoms with van der Waals surface area (Å²) < 4.78 is 15.6. The fraction of sp³-hybridized carbons (Fsp3) is 0.571. The van der Waals surface area contributed by atoms with Crippen LogP contribution >= 0.6 is 0 Å². The molecule has 0 bridgehead atoms. The molecule has 1 atom stereocenters. The molecular weight excluding hydrogens is 232 g/mol. The fourth-order valence-corrected chi connectivity index (χ4v) is 1.94. The average molecular weight is 254 g/mol. The summed E-state index contributed by atoms with van der Waals surface area (Å²) in [6, 6.07) is 5.72. The first-order valence-corrected chi connectivity index (χ1v) is 5.87. The molecule has 1 unspecified atom stereocenters. The maximum atomic E-state index is 10.6. The van der Waals surface area contributed by atoms with Crippen molar-refractivity contribution in [2.75, 3.05) is 21.3 Å². The number of aliphatic hydroxyl groups is 1. The zero-order valence-corrected chi connectivity index (χ0v) is 11.7. The van der Waals surface area contributed by atoms with Crippen molar-refractivity contribution in [2.24, 2.45) is 0 Å². The van der Waals surface area contributed by atoms with Crippen LogP contribution in [0.15, 0.2) is 18.2 Å². The molecule has 0 fully saturated rings. The van der Waals surface area contributed by atoms with E-state index in [-0.39, 0.29) is 0 Å². The van der Waals surface area contributed by atoms with Crippen LogP contribution in [-0.4, -0.2) is 32.7 Å². The molecule has 0 aliphatic heterocycles. The van der Waals surface area contributed by atoms with E-state index < -0.39 is 11.9 Å². The predicted octanol–water partition coefficient (Wildman–Crippen LogP) is 2.22. The van der Waals surface area contributed by atoms with E-state index >= 15 is 0 Å². The molecule has 102 valence electrons. The summed E-state index contributed by atoms with van der Waals surface area (Å²) in [5, 5.41) is 10.6. The first-order chi connectivity index (χ1) is 8.44. The van der Waals surface area contributed by atoms with E-state index in [0.29, 0.717) is 12.2 Å². The standard InChI is InChI=1S/C14H22O4/c1-10-6-7-12(16-3)11(8-10)14(2,15)9-13(17-4)18-5/h6-8,13,15H,9H2,1-5H3. The van der Waals surface area contributed by atoms with E-state index in [0.717, 1.165) is 11.1 Å². The third-order valence-electron chi connectivity index (χ3n) is 3.03. The largest absolute Gasteiger partial charge is 0.496 e. The Morgan fingerprint density at radius 2 is 1.83 bits per heavy atom. The first kappa shape index (κ1) is 15.0. The first-order valence-electron chi connectivity index (χ1n) is 5.87. The summed E-state index contributed by atoms with van der Waals surface area (Å²) in [5.41, 5.74) is 0.732. The van der Waals surface area contributed by atoms with Gasteiger partial charge in [-0.2, -0.15) is 0 Å². The highest BCUT2D eigenvalue weighted by atomic mass is 16.7. The Hall–Kier alpha value is -1.10. The van der Waals surface area contributed by atoms with Crippen molar-refractivity contribution in [3.05, 3.63) is 29.3 Å². The Morgan fingerprint density at radius 3 is 2.33 bits per heavy atom. The molecule has 0 aliphatic rings. The number of hydrogen-bond acceptors (Lipinski definition) is 4. The molecule has 0 saturated heterocycles. The molecule has 1 rings (SSSR count). The van der Waals surface area contributed by atoms with Crippen molar-refractivity contribution in [2.45, 2.75) is 32.2 Å². The number of aryl methyl sites for hydroxylation is 1. The zero-order valence-electron chi connectivity index (χ0n) is 11.7. The summed E-state index contributed by atoms with van der Waals surface area (Å²) in [6.07, 6.45) is -0.120. The summed E-state index contributed by atoms with van der Waals surface area (Å²) >= 11 is 0. The summed E-state index contributed by atoms with van der Waals surface area (Å²) in [4.78, 5) is 0. The molecule has 0 heterocycles. The molecule has 1 aromatic rings. The van der Waals surface area contributed by atoms with Crippen LogP contribution in [0.4, 0.5) is 0 Å². The fourth-order valence-electron chi connectivity index (χ4n) is 1.94. The Labute approximate surface area is 108 Å². The minimum absolute atomic E-state index is 0.333. The molecule has 0 aliphatic carbocycles. The quantitative estimate of drug-likeness (QED) is 0.791. The highest BCUT2D eigenvalue weighted by molar-refractivity contribution is 5.40. The number of rotatable bonds is 6. The lowest BCUT2D eigenvalue weighted by atomic mass is 9.90. The molecule has 4 nitrogen and oxygen atoms in total. The lowest BCUT2D eigenvalue weighted by Crippen LogP contribution is -2.30. The molecule has 0 saturated carbocycles. The minimum atomic E-state index is -1.08. The smallest absolute Gasteiger partial charge is 0.159 e. The third-order valence-corrected chi connectivity index (χ3v) is 3.03. The van der Waals surface area contributed by atoms with Gasteiger partial charge in [0.2, 0.25) is 0 Å². The van der Waals surface area contributed by atoms with E-state index in [4.69, 9.17) is 14.2 Å². The van der Waals surface area contributed by atoms with Gasteiger partial charge in [-0.25, -0.2) is 0 Å². The van der Waals surface area contributed by atoms with Crippen molar-refractivity contribution < 1.29 is 19.3 Å². The Kier molecular flexibility index (Phi) is 5.14. The van der Waals surface area contributed by atoms with Crippen molar-refractivity contribution in [1.82, 2.24) is 0 Å². The highest BCUT2D eigenvalue weighted by Crippen LogP contribution is 2.34. The van der Waals surface area contributed by atoms with Gasteiger partial charge in [0.25, 0.3) is 0 Å². The van der Waals surface area contributed by atoms with Gasteiger partial charge in [-0.15, -0.1) is 0 Å². The van der Waals surface area contributed by atoms with Crippen molar-refractivity contribution >= 4 is 0 Å². The summed E-state index contributed by atoms with van der Waals surface area (Å²) in [7, 11) is 4.70. The van der Waals surface area contributed by atoms with Gasteiger partial charge >= 0.3 is 0 Å². The van der Waals surface area contributed by atoms with Crippen LogP contribution in [0.5, 0.6) is 5.75 Å². The molecule has 0 radical (unpaired) electrons. The van der Waals surface area contributed by atoms with Crippen molar-refractivity contribution in [3.8, 4) is 5.75 Å². The van der Waals surface area contributed by atoms with Gasteiger partial charge in [0, 0.05) is 26.2 Å². The number of hydrogen-bond donors (Lipinski definition) is 1. The van der Waals surface area contributed by atoms with E-state index in [1.54, 1.807) is 28.3 Å². The van der Waals surface area contributed by atoms with Crippen LogP contribution in [0.2, 0.25) is 0 Å². The zero-order chi connectivity index (χ0) is 13.8. The topological polar surface area (TPSA) is 47.9 Å². The van der Waals surface area contributed by atoms with E-state index in [1.165, 1.54) is 0 Å². The Morgan fingerprint density at radius 1 is 1.22 bits per heavy atom. The molecule has 4 heteroatoms. The van der Waals surface area contributed by atoms with Crippen LogP contribution in [0.25, 0.3) is 0 Å². The van der Waals surface area contributed by atoms with Crippen LogP contribution in [0.3, 0.4) is 0 Å². The van der Waals surface area contributed by atoms with Crippen LogP contribution < -0.4 is 4.74 Å².